The second-order valence-corrected chi connectivity index (χ2v) is 14.8. The van der Waals surface area contributed by atoms with Gasteiger partial charge in [0.15, 0.2) is 0 Å². The standard InChI is InChI=1S/C49H50N2/c1-38-16-14-15-37-49(38,41-27-33-47(34-28-41)50(43-19-8-3-9-20-43)44-21-10-4-11-22-44)42-29-35-48(36-30-42)51(45-23-12-5-13-24-45)46-31-25-40(26-32-46)39-17-6-2-7-18-39/h3-5,8-13,19-36,38-39H,2,6-7,14-18,37H2,1H3. The smallest absolute Gasteiger partial charge is 0.0461 e. The second kappa shape index (κ2) is 15.0. The van der Waals surface area contributed by atoms with Crippen LogP contribution in [0.3, 0.4) is 0 Å². The minimum atomic E-state index is -0.0289. The van der Waals surface area contributed by atoms with Gasteiger partial charge in [-0.15, -0.1) is 0 Å². The molecule has 0 N–H and O–H groups in total. The lowest BCUT2D eigenvalue weighted by Gasteiger charge is -2.44. The van der Waals surface area contributed by atoms with E-state index >= 15 is 0 Å². The average molecular weight is 667 g/mol. The highest BCUT2D eigenvalue weighted by Gasteiger charge is 2.41. The Morgan fingerprint density at radius 2 is 0.765 bits per heavy atom. The molecule has 2 aliphatic carbocycles. The Labute approximate surface area is 305 Å². The van der Waals surface area contributed by atoms with E-state index in [1.54, 1.807) is 0 Å². The van der Waals surface area contributed by atoms with E-state index in [0.29, 0.717) is 11.8 Å². The zero-order chi connectivity index (χ0) is 34.5. The first-order valence-corrected chi connectivity index (χ1v) is 19.3. The van der Waals surface area contributed by atoms with E-state index < -0.39 is 0 Å². The lowest BCUT2D eigenvalue weighted by molar-refractivity contribution is 0.244. The average Bonchev–Trinajstić information content (AvgIpc) is 3.21. The monoisotopic (exact) mass is 666 g/mol. The third kappa shape index (κ3) is 6.73. The first kappa shape index (κ1) is 33.1. The summed E-state index contributed by atoms with van der Waals surface area (Å²) in [4.78, 5) is 4.78. The molecule has 2 unspecified atom stereocenters. The van der Waals surface area contributed by atoms with Crippen LogP contribution in [0, 0.1) is 5.92 Å². The number of rotatable bonds is 9. The molecule has 0 aliphatic heterocycles. The number of para-hydroxylation sites is 3. The Morgan fingerprint density at radius 1 is 0.392 bits per heavy atom. The molecule has 0 amide bonds. The van der Waals surface area contributed by atoms with Gasteiger partial charge in [-0.05, 0) is 127 Å². The molecule has 0 saturated heterocycles. The molecule has 0 spiro atoms. The van der Waals surface area contributed by atoms with Crippen molar-refractivity contribution in [2.75, 3.05) is 9.80 Å². The van der Waals surface area contributed by atoms with E-state index in [0.717, 1.165) is 0 Å². The van der Waals surface area contributed by atoms with Gasteiger partial charge in [-0.3, -0.25) is 0 Å². The summed E-state index contributed by atoms with van der Waals surface area (Å²) < 4.78 is 0. The summed E-state index contributed by atoms with van der Waals surface area (Å²) in [7, 11) is 0. The van der Waals surface area contributed by atoms with Crippen molar-refractivity contribution in [2.24, 2.45) is 5.92 Å². The highest BCUT2D eigenvalue weighted by atomic mass is 15.1. The van der Waals surface area contributed by atoms with Gasteiger partial charge in [0.25, 0.3) is 0 Å². The Balaban J connectivity index is 1.14. The largest absolute Gasteiger partial charge is 0.311 e. The van der Waals surface area contributed by atoms with Gasteiger partial charge in [-0.1, -0.05) is 130 Å². The maximum Gasteiger partial charge on any atom is 0.0461 e. The Kier molecular flexibility index (Phi) is 9.75. The van der Waals surface area contributed by atoms with Crippen LogP contribution in [0.25, 0.3) is 0 Å². The van der Waals surface area contributed by atoms with E-state index in [9.17, 15) is 0 Å². The predicted molar refractivity (Wildman–Crippen MR) is 216 cm³/mol. The fourth-order valence-corrected chi connectivity index (χ4v) is 9.14. The lowest BCUT2D eigenvalue weighted by atomic mass is 9.60. The van der Waals surface area contributed by atoms with Crippen LogP contribution < -0.4 is 9.80 Å². The quantitative estimate of drug-likeness (QED) is 0.152. The van der Waals surface area contributed by atoms with E-state index in [-0.39, 0.29) is 5.41 Å². The lowest BCUT2D eigenvalue weighted by Crippen LogP contribution is -2.37. The Bertz CT molecular complexity index is 1920. The molecule has 2 aliphatic rings. The van der Waals surface area contributed by atoms with Crippen molar-refractivity contribution in [1.29, 1.82) is 0 Å². The minimum absolute atomic E-state index is 0.0289. The van der Waals surface area contributed by atoms with Crippen molar-refractivity contribution in [3.05, 3.63) is 180 Å². The Hall–Kier alpha value is -5.08. The summed E-state index contributed by atoms with van der Waals surface area (Å²) in [5.41, 5.74) is 11.4. The van der Waals surface area contributed by atoms with Gasteiger partial charge in [-0.25, -0.2) is 0 Å². The maximum absolute atomic E-state index is 2.48. The molecule has 8 rings (SSSR count). The summed E-state index contributed by atoms with van der Waals surface area (Å²) in [5, 5.41) is 0. The van der Waals surface area contributed by atoms with Gasteiger partial charge in [0.2, 0.25) is 0 Å². The van der Waals surface area contributed by atoms with Crippen LogP contribution in [0.2, 0.25) is 0 Å². The van der Waals surface area contributed by atoms with Crippen molar-refractivity contribution in [3.63, 3.8) is 0 Å². The summed E-state index contributed by atoms with van der Waals surface area (Å²) in [6.07, 6.45) is 11.7. The van der Waals surface area contributed by atoms with Crippen LogP contribution in [-0.2, 0) is 5.41 Å². The van der Waals surface area contributed by atoms with Gasteiger partial charge in [-0.2, -0.15) is 0 Å². The van der Waals surface area contributed by atoms with Crippen LogP contribution in [0.1, 0.15) is 87.3 Å². The molecule has 2 atom stereocenters. The highest BCUT2D eigenvalue weighted by molar-refractivity contribution is 5.78. The zero-order valence-electron chi connectivity index (χ0n) is 30.0. The number of nitrogens with zero attached hydrogens (tertiary/aromatic N) is 2. The fourth-order valence-electron chi connectivity index (χ4n) is 9.14. The van der Waals surface area contributed by atoms with Gasteiger partial charge in [0, 0.05) is 39.5 Å². The molecule has 2 heteroatoms. The third-order valence-electron chi connectivity index (χ3n) is 11.9. The zero-order valence-corrected chi connectivity index (χ0v) is 30.0. The molecule has 6 aromatic rings. The van der Waals surface area contributed by atoms with E-state index in [1.807, 2.05) is 0 Å². The van der Waals surface area contributed by atoms with E-state index in [1.165, 1.54) is 109 Å². The molecule has 0 aromatic heterocycles. The van der Waals surface area contributed by atoms with Crippen molar-refractivity contribution in [3.8, 4) is 0 Å². The predicted octanol–water partition coefficient (Wildman–Crippen LogP) is 14.2. The van der Waals surface area contributed by atoms with Crippen LogP contribution in [-0.4, -0.2) is 0 Å². The molecule has 0 radical (unpaired) electrons. The van der Waals surface area contributed by atoms with Crippen molar-refractivity contribution >= 4 is 34.1 Å². The molecule has 51 heavy (non-hydrogen) atoms. The SMILES string of the molecule is CC1CCCCC1(c1ccc(N(c2ccccc2)c2ccccc2)cc1)c1ccc(N(c2ccccc2)c2ccc(C3CCCCC3)cc2)cc1. The van der Waals surface area contributed by atoms with Gasteiger partial charge >= 0.3 is 0 Å². The molecule has 2 nitrogen and oxygen atoms in total. The van der Waals surface area contributed by atoms with E-state index in [2.05, 4.69) is 181 Å². The molecule has 2 fully saturated rings. The van der Waals surface area contributed by atoms with Gasteiger partial charge in [0.05, 0.1) is 0 Å². The van der Waals surface area contributed by atoms with E-state index in [4.69, 9.17) is 0 Å². The highest BCUT2D eigenvalue weighted by Crippen LogP contribution is 2.50. The third-order valence-corrected chi connectivity index (χ3v) is 11.9. The molecule has 256 valence electrons. The number of anilines is 6. The maximum atomic E-state index is 2.48. The number of benzene rings is 6. The summed E-state index contributed by atoms with van der Waals surface area (Å²) in [6, 6.07) is 60.8. The van der Waals surface area contributed by atoms with Crippen LogP contribution in [0.5, 0.6) is 0 Å². The number of hydrogen-bond acceptors (Lipinski definition) is 2. The molecule has 6 aromatic carbocycles. The molecule has 0 bridgehead atoms. The van der Waals surface area contributed by atoms with Crippen molar-refractivity contribution in [2.45, 2.75) is 76.0 Å². The molecular weight excluding hydrogens is 617 g/mol. The summed E-state index contributed by atoms with van der Waals surface area (Å²) >= 11 is 0. The van der Waals surface area contributed by atoms with Crippen LogP contribution in [0.4, 0.5) is 34.1 Å². The second-order valence-electron chi connectivity index (χ2n) is 14.8. The molecule has 2 saturated carbocycles. The Morgan fingerprint density at radius 3 is 1.18 bits per heavy atom. The normalized spacial score (nSPS) is 19.4. The topological polar surface area (TPSA) is 6.48 Å². The van der Waals surface area contributed by atoms with Crippen molar-refractivity contribution < 1.29 is 0 Å². The summed E-state index contributed by atoms with van der Waals surface area (Å²) in [5.74, 6) is 1.25. The molecular formula is C49H50N2. The first-order chi connectivity index (χ1) is 25.2. The van der Waals surface area contributed by atoms with Crippen LogP contribution in [0.15, 0.2) is 164 Å². The summed E-state index contributed by atoms with van der Waals surface area (Å²) in [6.45, 7) is 2.48. The van der Waals surface area contributed by atoms with Crippen LogP contribution >= 0.6 is 0 Å². The molecule has 0 heterocycles. The van der Waals surface area contributed by atoms with Crippen molar-refractivity contribution in [1.82, 2.24) is 0 Å². The van der Waals surface area contributed by atoms with Gasteiger partial charge in [0.1, 0.15) is 0 Å². The number of hydrogen-bond donors (Lipinski definition) is 0. The first-order valence-electron chi connectivity index (χ1n) is 19.3. The minimum Gasteiger partial charge on any atom is -0.311 e. The fraction of sp³-hybridized carbons (Fsp3) is 0.265. The van der Waals surface area contributed by atoms with Gasteiger partial charge < -0.3 is 9.80 Å².